The Morgan fingerprint density at radius 3 is 2.24 bits per heavy atom. The number of carbonyl (C=O) groups is 2. The summed E-state index contributed by atoms with van der Waals surface area (Å²) in [6.07, 6.45) is -2.24. The minimum absolute atomic E-state index is 0.0878. The number of benzene rings is 2. The minimum atomic E-state index is -4.99. The Labute approximate surface area is 146 Å². The molecule has 0 saturated carbocycles. The highest BCUT2D eigenvalue weighted by Gasteiger charge is 2.38. The molecule has 4 nitrogen and oxygen atoms in total. The van der Waals surface area contributed by atoms with Crippen molar-refractivity contribution in [2.45, 2.75) is 6.18 Å². The molecule has 0 aliphatic carbocycles. The molecule has 2 rings (SSSR count). The minimum Gasteiger partial charge on any atom is -0.322 e. The molecular weight excluding hydrogens is 357 g/mol. The van der Waals surface area contributed by atoms with Crippen LogP contribution in [0.5, 0.6) is 0 Å². The number of carbonyl (C=O) groups excluding carboxylic acids is 2. The normalized spacial score (nSPS) is 11.4. The third-order valence-electron chi connectivity index (χ3n) is 2.96. The van der Waals surface area contributed by atoms with E-state index in [1.54, 1.807) is 29.6 Å². The fourth-order valence-electron chi connectivity index (χ4n) is 1.84. The SMILES string of the molecule is O=C(/C=C/c1ccccc1Cl)Nc1cccc(NC(=O)C(F)(F)F)c1. The van der Waals surface area contributed by atoms with Crippen LogP contribution in [-0.2, 0) is 9.59 Å². The van der Waals surface area contributed by atoms with Crippen LogP contribution in [0.15, 0.2) is 54.6 Å². The van der Waals surface area contributed by atoms with E-state index in [0.717, 1.165) is 0 Å². The van der Waals surface area contributed by atoms with Crippen molar-refractivity contribution in [2.75, 3.05) is 10.6 Å². The molecule has 130 valence electrons. The van der Waals surface area contributed by atoms with Crippen molar-refractivity contribution < 1.29 is 22.8 Å². The molecule has 0 unspecified atom stereocenters. The lowest BCUT2D eigenvalue weighted by Gasteiger charge is -2.09. The van der Waals surface area contributed by atoms with Crippen LogP contribution in [-0.4, -0.2) is 18.0 Å². The van der Waals surface area contributed by atoms with E-state index >= 15 is 0 Å². The maximum absolute atomic E-state index is 12.2. The van der Waals surface area contributed by atoms with Gasteiger partial charge in [0.25, 0.3) is 0 Å². The Hall–Kier alpha value is -2.80. The Morgan fingerprint density at radius 2 is 1.60 bits per heavy atom. The van der Waals surface area contributed by atoms with Gasteiger partial charge in [0.1, 0.15) is 0 Å². The van der Waals surface area contributed by atoms with Crippen LogP contribution < -0.4 is 10.6 Å². The molecule has 2 aromatic carbocycles. The Bertz CT molecular complexity index is 820. The highest BCUT2D eigenvalue weighted by atomic mass is 35.5. The van der Waals surface area contributed by atoms with Crippen LogP contribution >= 0.6 is 11.6 Å². The lowest BCUT2D eigenvalue weighted by Crippen LogP contribution is -2.29. The zero-order chi connectivity index (χ0) is 18.4. The van der Waals surface area contributed by atoms with Crippen molar-refractivity contribution in [2.24, 2.45) is 0 Å². The first-order chi connectivity index (χ1) is 11.8. The summed E-state index contributed by atoms with van der Waals surface area (Å²) in [6, 6.07) is 12.3. The summed E-state index contributed by atoms with van der Waals surface area (Å²) in [5.74, 6) is -2.59. The molecule has 0 aliphatic heterocycles. The average molecular weight is 369 g/mol. The zero-order valence-electron chi connectivity index (χ0n) is 12.6. The zero-order valence-corrected chi connectivity index (χ0v) is 13.4. The summed E-state index contributed by atoms with van der Waals surface area (Å²) >= 11 is 5.96. The lowest BCUT2D eigenvalue weighted by atomic mass is 10.2. The summed E-state index contributed by atoms with van der Waals surface area (Å²) in [4.78, 5) is 22.8. The molecular formula is C17H12ClF3N2O2. The van der Waals surface area contributed by atoms with E-state index in [1.807, 2.05) is 0 Å². The molecule has 0 saturated heterocycles. The highest BCUT2D eigenvalue weighted by molar-refractivity contribution is 6.32. The first-order valence-corrected chi connectivity index (χ1v) is 7.35. The van der Waals surface area contributed by atoms with Gasteiger partial charge in [0.15, 0.2) is 0 Å². The van der Waals surface area contributed by atoms with E-state index in [-0.39, 0.29) is 11.4 Å². The Kier molecular flexibility index (Phi) is 5.82. The van der Waals surface area contributed by atoms with E-state index in [4.69, 9.17) is 11.6 Å². The molecule has 25 heavy (non-hydrogen) atoms. The third kappa shape index (κ3) is 5.65. The van der Waals surface area contributed by atoms with Gasteiger partial charge in [-0.05, 0) is 35.9 Å². The van der Waals surface area contributed by atoms with E-state index in [0.29, 0.717) is 10.6 Å². The number of halogens is 4. The average Bonchev–Trinajstić information content (AvgIpc) is 2.53. The van der Waals surface area contributed by atoms with Gasteiger partial charge in [-0.1, -0.05) is 35.9 Å². The molecule has 0 radical (unpaired) electrons. The van der Waals surface area contributed by atoms with Crippen LogP contribution in [0.2, 0.25) is 5.02 Å². The summed E-state index contributed by atoms with van der Waals surface area (Å²) in [5.41, 5.74) is 0.787. The van der Waals surface area contributed by atoms with Gasteiger partial charge in [-0.15, -0.1) is 0 Å². The summed E-state index contributed by atoms with van der Waals surface area (Å²) in [6.45, 7) is 0. The first-order valence-electron chi connectivity index (χ1n) is 6.97. The maximum Gasteiger partial charge on any atom is 0.471 e. The van der Waals surface area contributed by atoms with Crippen LogP contribution in [0.25, 0.3) is 6.08 Å². The number of nitrogens with one attached hydrogen (secondary N) is 2. The van der Waals surface area contributed by atoms with Gasteiger partial charge >= 0.3 is 12.1 Å². The molecule has 2 amide bonds. The molecule has 0 spiro atoms. The van der Waals surface area contributed by atoms with Crippen LogP contribution in [0.4, 0.5) is 24.5 Å². The van der Waals surface area contributed by atoms with Crippen molar-refractivity contribution in [3.8, 4) is 0 Å². The second-order valence-electron chi connectivity index (χ2n) is 4.88. The number of alkyl halides is 3. The van der Waals surface area contributed by atoms with Gasteiger partial charge in [-0.2, -0.15) is 13.2 Å². The van der Waals surface area contributed by atoms with E-state index in [2.05, 4.69) is 5.32 Å². The predicted octanol–water partition coefficient (Wildman–Crippen LogP) is 4.49. The lowest BCUT2D eigenvalue weighted by molar-refractivity contribution is -0.167. The van der Waals surface area contributed by atoms with Crippen LogP contribution in [0.1, 0.15) is 5.56 Å². The predicted molar refractivity (Wildman–Crippen MR) is 90.2 cm³/mol. The number of rotatable bonds is 4. The Balaban J connectivity index is 2.03. The summed E-state index contributed by atoms with van der Waals surface area (Å²) < 4.78 is 36.7. The number of hydrogen-bond acceptors (Lipinski definition) is 2. The van der Waals surface area contributed by atoms with Gasteiger partial charge in [0, 0.05) is 22.5 Å². The van der Waals surface area contributed by atoms with Crippen molar-refractivity contribution in [1.29, 1.82) is 0 Å². The van der Waals surface area contributed by atoms with Gasteiger partial charge in [0.2, 0.25) is 5.91 Å². The quantitative estimate of drug-likeness (QED) is 0.781. The second-order valence-corrected chi connectivity index (χ2v) is 5.28. The summed E-state index contributed by atoms with van der Waals surface area (Å²) in [7, 11) is 0. The number of anilines is 2. The van der Waals surface area contributed by atoms with Gasteiger partial charge in [-0.3, -0.25) is 9.59 Å². The van der Waals surface area contributed by atoms with Gasteiger partial charge in [0.05, 0.1) is 0 Å². The number of amides is 2. The fourth-order valence-corrected chi connectivity index (χ4v) is 2.04. The van der Waals surface area contributed by atoms with E-state index in [9.17, 15) is 22.8 Å². The molecule has 2 N–H and O–H groups in total. The topological polar surface area (TPSA) is 58.2 Å². The standard InChI is InChI=1S/C17H12ClF3N2O2/c18-14-7-2-1-4-11(14)8-9-15(24)22-12-5-3-6-13(10-12)23-16(25)17(19,20)21/h1-10H,(H,22,24)(H,23,25)/b9-8+. The van der Waals surface area contributed by atoms with Crippen LogP contribution in [0, 0.1) is 0 Å². The fraction of sp³-hybridized carbons (Fsp3) is 0.0588. The Morgan fingerprint density at radius 1 is 0.960 bits per heavy atom. The van der Waals surface area contributed by atoms with Gasteiger partial charge in [-0.25, -0.2) is 0 Å². The molecule has 2 aromatic rings. The largest absolute Gasteiger partial charge is 0.471 e. The molecule has 0 heterocycles. The molecule has 8 heteroatoms. The highest BCUT2D eigenvalue weighted by Crippen LogP contribution is 2.21. The van der Waals surface area contributed by atoms with Crippen molar-refractivity contribution in [3.05, 3.63) is 65.2 Å². The first kappa shape index (κ1) is 18.5. The maximum atomic E-state index is 12.2. The molecule has 0 fully saturated rings. The van der Waals surface area contributed by atoms with Crippen LogP contribution in [0.3, 0.4) is 0 Å². The molecule has 0 aromatic heterocycles. The molecule has 0 aliphatic rings. The van der Waals surface area contributed by atoms with Crippen molar-refractivity contribution in [3.63, 3.8) is 0 Å². The monoisotopic (exact) mass is 368 g/mol. The number of hydrogen-bond donors (Lipinski definition) is 2. The van der Waals surface area contributed by atoms with Crippen molar-refractivity contribution in [1.82, 2.24) is 0 Å². The van der Waals surface area contributed by atoms with Gasteiger partial charge < -0.3 is 10.6 Å². The third-order valence-corrected chi connectivity index (χ3v) is 3.31. The van der Waals surface area contributed by atoms with Crippen molar-refractivity contribution >= 4 is 40.9 Å². The van der Waals surface area contributed by atoms with E-state index in [1.165, 1.54) is 36.4 Å². The summed E-state index contributed by atoms with van der Waals surface area (Å²) in [5, 5.41) is 4.67. The molecule has 0 bridgehead atoms. The smallest absolute Gasteiger partial charge is 0.322 e. The second kappa shape index (κ2) is 7.85. The molecule has 0 atom stereocenters. The van der Waals surface area contributed by atoms with E-state index < -0.39 is 18.0 Å².